The number of amides is 4. The molecule has 25 heavy (non-hydrogen) atoms. The summed E-state index contributed by atoms with van der Waals surface area (Å²) in [7, 11) is 0. The Morgan fingerprint density at radius 1 is 1.20 bits per heavy atom. The molecule has 0 saturated heterocycles. The summed E-state index contributed by atoms with van der Waals surface area (Å²) >= 11 is 0. The predicted molar refractivity (Wildman–Crippen MR) is 95.4 cm³/mol. The van der Waals surface area contributed by atoms with E-state index in [1.165, 1.54) is 17.7 Å². The molecule has 0 unspecified atom stereocenters. The summed E-state index contributed by atoms with van der Waals surface area (Å²) in [5, 5.41) is 8.57. The van der Waals surface area contributed by atoms with Crippen molar-refractivity contribution in [3.63, 3.8) is 0 Å². The SMILES string of the molecule is O=C1CN(C(=O)NCCCC(=O)NC2CCCC2)c2ccccc2N1. The lowest BCUT2D eigenvalue weighted by Crippen LogP contribution is -2.47. The molecule has 1 aromatic rings. The third-order valence-electron chi connectivity index (χ3n) is 4.59. The molecule has 0 spiro atoms. The number of nitrogens with zero attached hydrogens (tertiary/aromatic N) is 1. The van der Waals surface area contributed by atoms with Crippen LogP contribution in [0, 0.1) is 0 Å². The monoisotopic (exact) mass is 344 g/mol. The normalized spacial score (nSPS) is 17.0. The first-order valence-corrected chi connectivity index (χ1v) is 8.87. The van der Waals surface area contributed by atoms with Gasteiger partial charge in [0.25, 0.3) is 0 Å². The maximum atomic E-state index is 12.4. The van der Waals surface area contributed by atoms with Crippen molar-refractivity contribution in [3.8, 4) is 0 Å². The van der Waals surface area contributed by atoms with Crippen molar-refractivity contribution in [2.75, 3.05) is 23.3 Å². The van der Waals surface area contributed by atoms with Gasteiger partial charge in [0.2, 0.25) is 11.8 Å². The zero-order valence-corrected chi connectivity index (χ0v) is 14.2. The van der Waals surface area contributed by atoms with E-state index in [4.69, 9.17) is 0 Å². The molecule has 1 heterocycles. The molecular formula is C18H24N4O3. The zero-order chi connectivity index (χ0) is 17.6. The topological polar surface area (TPSA) is 90.5 Å². The lowest BCUT2D eigenvalue weighted by atomic mass is 10.2. The Labute approximate surface area is 147 Å². The number of hydrogen-bond donors (Lipinski definition) is 3. The van der Waals surface area contributed by atoms with E-state index in [1.807, 2.05) is 12.1 Å². The second-order valence-electron chi connectivity index (χ2n) is 6.54. The van der Waals surface area contributed by atoms with Crippen LogP contribution >= 0.6 is 0 Å². The van der Waals surface area contributed by atoms with Crippen LogP contribution in [0.3, 0.4) is 0 Å². The van der Waals surface area contributed by atoms with Crippen LogP contribution in [0.2, 0.25) is 0 Å². The molecule has 1 aromatic carbocycles. The van der Waals surface area contributed by atoms with E-state index in [2.05, 4.69) is 16.0 Å². The summed E-state index contributed by atoms with van der Waals surface area (Å²) in [6.45, 7) is 0.391. The molecule has 134 valence electrons. The highest BCUT2D eigenvalue weighted by molar-refractivity contribution is 6.09. The smallest absolute Gasteiger partial charge is 0.322 e. The minimum Gasteiger partial charge on any atom is -0.353 e. The fourth-order valence-electron chi connectivity index (χ4n) is 3.32. The summed E-state index contributed by atoms with van der Waals surface area (Å²) in [6.07, 6.45) is 5.48. The van der Waals surface area contributed by atoms with Crippen LogP contribution in [0.25, 0.3) is 0 Å². The number of hydrogen-bond acceptors (Lipinski definition) is 3. The van der Waals surface area contributed by atoms with Crippen LogP contribution in [0.15, 0.2) is 24.3 Å². The van der Waals surface area contributed by atoms with E-state index < -0.39 is 0 Å². The second-order valence-corrected chi connectivity index (χ2v) is 6.54. The molecular weight excluding hydrogens is 320 g/mol. The number of carbonyl (C=O) groups excluding carboxylic acids is 3. The molecule has 1 saturated carbocycles. The second kappa shape index (κ2) is 8.00. The van der Waals surface area contributed by atoms with Gasteiger partial charge in [-0.15, -0.1) is 0 Å². The number of anilines is 2. The van der Waals surface area contributed by atoms with Crippen molar-refractivity contribution in [2.45, 2.75) is 44.6 Å². The molecule has 1 aliphatic carbocycles. The van der Waals surface area contributed by atoms with Crippen LogP contribution in [-0.2, 0) is 9.59 Å². The van der Waals surface area contributed by atoms with Crippen LogP contribution < -0.4 is 20.9 Å². The van der Waals surface area contributed by atoms with Crippen molar-refractivity contribution in [2.24, 2.45) is 0 Å². The highest BCUT2D eigenvalue weighted by Gasteiger charge is 2.26. The van der Waals surface area contributed by atoms with Crippen LogP contribution in [0.1, 0.15) is 38.5 Å². The summed E-state index contributed by atoms with van der Waals surface area (Å²) in [5.41, 5.74) is 1.31. The fraction of sp³-hybridized carbons (Fsp3) is 0.500. The van der Waals surface area contributed by atoms with E-state index in [1.54, 1.807) is 12.1 Å². The molecule has 4 amide bonds. The van der Waals surface area contributed by atoms with E-state index in [0.29, 0.717) is 36.8 Å². The first-order chi connectivity index (χ1) is 12.1. The third-order valence-corrected chi connectivity index (χ3v) is 4.59. The zero-order valence-electron chi connectivity index (χ0n) is 14.2. The largest absolute Gasteiger partial charge is 0.353 e. The molecule has 2 aliphatic rings. The third kappa shape index (κ3) is 4.49. The Hall–Kier alpha value is -2.57. The Morgan fingerprint density at radius 2 is 1.96 bits per heavy atom. The van der Waals surface area contributed by atoms with Gasteiger partial charge in [0.1, 0.15) is 6.54 Å². The maximum absolute atomic E-state index is 12.4. The van der Waals surface area contributed by atoms with Crippen molar-refractivity contribution in [3.05, 3.63) is 24.3 Å². The molecule has 3 rings (SSSR count). The number of urea groups is 1. The van der Waals surface area contributed by atoms with Crippen LogP contribution in [-0.4, -0.2) is 37.0 Å². The van der Waals surface area contributed by atoms with Gasteiger partial charge in [-0.25, -0.2) is 4.79 Å². The van der Waals surface area contributed by atoms with Gasteiger partial charge in [-0.2, -0.15) is 0 Å². The molecule has 3 N–H and O–H groups in total. The summed E-state index contributed by atoms with van der Waals surface area (Å²) < 4.78 is 0. The average molecular weight is 344 g/mol. The van der Waals surface area contributed by atoms with E-state index in [-0.39, 0.29) is 24.4 Å². The first-order valence-electron chi connectivity index (χ1n) is 8.87. The number of nitrogens with one attached hydrogen (secondary N) is 3. The average Bonchev–Trinajstić information content (AvgIpc) is 3.10. The minimum atomic E-state index is -0.321. The van der Waals surface area contributed by atoms with Gasteiger partial charge in [0, 0.05) is 19.0 Å². The Morgan fingerprint density at radius 3 is 2.76 bits per heavy atom. The number of rotatable bonds is 5. The van der Waals surface area contributed by atoms with Gasteiger partial charge in [0.05, 0.1) is 11.4 Å². The van der Waals surface area contributed by atoms with Gasteiger partial charge in [0.15, 0.2) is 0 Å². The van der Waals surface area contributed by atoms with Gasteiger partial charge >= 0.3 is 6.03 Å². The molecule has 0 atom stereocenters. The van der Waals surface area contributed by atoms with Gasteiger partial charge in [-0.3, -0.25) is 14.5 Å². The maximum Gasteiger partial charge on any atom is 0.322 e. The number of carbonyl (C=O) groups is 3. The van der Waals surface area contributed by atoms with Gasteiger partial charge < -0.3 is 16.0 Å². The summed E-state index contributed by atoms with van der Waals surface area (Å²) in [6, 6.07) is 7.19. The minimum absolute atomic E-state index is 0.00892. The van der Waals surface area contributed by atoms with Crippen molar-refractivity contribution < 1.29 is 14.4 Å². The number of para-hydroxylation sites is 2. The standard InChI is InChI=1S/C18H24N4O3/c23-16(20-13-6-1-2-7-13)10-5-11-19-18(25)22-12-17(24)21-14-8-3-4-9-15(14)22/h3-4,8-9,13H,1-2,5-7,10-12H2,(H,19,25)(H,20,23)(H,21,24). The lowest BCUT2D eigenvalue weighted by molar-refractivity contribution is -0.121. The molecule has 0 bridgehead atoms. The molecule has 0 radical (unpaired) electrons. The quantitative estimate of drug-likeness (QED) is 0.714. The predicted octanol–water partition coefficient (Wildman–Crippen LogP) is 1.99. The van der Waals surface area contributed by atoms with Crippen molar-refractivity contribution >= 4 is 29.2 Å². The highest BCUT2D eigenvalue weighted by Crippen LogP contribution is 2.28. The molecule has 7 heteroatoms. The van der Waals surface area contributed by atoms with Gasteiger partial charge in [-0.1, -0.05) is 25.0 Å². The summed E-state index contributed by atoms with van der Waals surface area (Å²) in [4.78, 5) is 37.4. The van der Waals surface area contributed by atoms with E-state index in [9.17, 15) is 14.4 Å². The Balaban J connectivity index is 1.43. The number of benzene rings is 1. The van der Waals surface area contributed by atoms with E-state index >= 15 is 0 Å². The van der Waals surface area contributed by atoms with Crippen LogP contribution in [0.4, 0.5) is 16.2 Å². The van der Waals surface area contributed by atoms with Crippen molar-refractivity contribution in [1.82, 2.24) is 10.6 Å². The summed E-state index contributed by atoms with van der Waals surface area (Å²) in [5.74, 6) is -0.173. The Kier molecular flexibility index (Phi) is 5.53. The number of fused-ring (bicyclic) bond motifs is 1. The Bertz CT molecular complexity index is 655. The van der Waals surface area contributed by atoms with Crippen molar-refractivity contribution in [1.29, 1.82) is 0 Å². The first kappa shape index (κ1) is 17.3. The molecule has 1 fully saturated rings. The van der Waals surface area contributed by atoms with E-state index in [0.717, 1.165) is 12.8 Å². The molecule has 7 nitrogen and oxygen atoms in total. The highest BCUT2D eigenvalue weighted by atomic mass is 16.2. The fourth-order valence-corrected chi connectivity index (χ4v) is 3.32. The lowest BCUT2D eigenvalue weighted by Gasteiger charge is -2.29. The molecule has 1 aliphatic heterocycles. The van der Waals surface area contributed by atoms with Gasteiger partial charge in [-0.05, 0) is 31.4 Å². The molecule has 0 aromatic heterocycles. The van der Waals surface area contributed by atoms with Crippen LogP contribution in [0.5, 0.6) is 0 Å².